The molecule has 6 atom stereocenters. The number of rotatable bonds is 2. The summed E-state index contributed by atoms with van der Waals surface area (Å²) in [4.78, 5) is 0. The second-order valence-electron chi connectivity index (χ2n) is 4.51. The van der Waals surface area contributed by atoms with Gasteiger partial charge in [-0.15, -0.1) is 0 Å². The van der Waals surface area contributed by atoms with E-state index in [2.05, 4.69) is 0 Å². The summed E-state index contributed by atoms with van der Waals surface area (Å²) in [5.74, 6) is -0.0840. The predicted molar refractivity (Wildman–Crippen MR) is 53.2 cm³/mol. The molecule has 0 aromatic carbocycles. The van der Waals surface area contributed by atoms with E-state index in [1.54, 1.807) is 20.8 Å². The zero-order valence-electron chi connectivity index (χ0n) is 9.24. The van der Waals surface area contributed by atoms with Crippen molar-refractivity contribution in [3.63, 3.8) is 0 Å². The van der Waals surface area contributed by atoms with Gasteiger partial charge in [-0.1, -0.05) is 13.8 Å². The number of hydrogen-bond donors (Lipinski definition) is 4. The van der Waals surface area contributed by atoms with Gasteiger partial charge < -0.3 is 25.2 Å². The van der Waals surface area contributed by atoms with Crippen LogP contribution in [0.25, 0.3) is 0 Å². The van der Waals surface area contributed by atoms with Gasteiger partial charge in [0.1, 0.15) is 24.4 Å². The van der Waals surface area contributed by atoms with E-state index >= 15 is 0 Å². The first kappa shape index (κ1) is 12.9. The Kier molecular flexibility index (Phi) is 4.08. The molecule has 0 aliphatic carbocycles. The Morgan fingerprint density at radius 2 is 1.53 bits per heavy atom. The SMILES string of the molecule is CC(C)[C@H](O)[C@@H]1O[C@@H](C)[C@@H](O)[C@@H](O)[C@@H]1O. The molecule has 0 bridgehead atoms. The third kappa shape index (κ3) is 2.49. The molecule has 1 heterocycles. The minimum absolute atomic E-state index is 0.0840. The topological polar surface area (TPSA) is 90.2 Å². The maximum Gasteiger partial charge on any atom is 0.113 e. The Labute approximate surface area is 89.3 Å². The summed E-state index contributed by atoms with van der Waals surface area (Å²) in [6.45, 7) is 5.19. The van der Waals surface area contributed by atoms with Crippen LogP contribution in [-0.4, -0.2) is 57.0 Å². The van der Waals surface area contributed by atoms with E-state index in [4.69, 9.17) is 4.74 Å². The van der Waals surface area contributed by atoms with Crippen LogP contribution >= 0.6 is 0 Å². The molecule has 1 fully saturated rings. The van der Waals surface area contributed by atoms with Crippen LogP contribution in [0.4, 0.5) is 0 Å². The third-order valence-corrected chi connectivity index (χ3v) is 2.91. The van der Waals surface area contributed by atoms with Crippen LogP contribution in [0.5, 0.6) is 0 Å². The minimum Gasteiger partial charge on any atom is -0.390 e. The van der Waals surface area contributed by atoms with Gasteiger partial charge in [-0.25, -0.2) is 0 Å². The van der Waals surface area contributed by atoms with Crippen molar-refractivity contribution in [1.82, 2.24) is 0 Å². The van der Waals surface area contributed by atoms with Gasteiger partial charge in [-0.05, 0) is 12.8 Å². The van der Waals surface area contributed by atoms with Crippen LogP contribution in [-0.2, 0) is 4.74 Å². The smallest absolute Gasteiger partial charge is 0.113 e. The van der Waals surface area contributed by atoms with Crippen molar-refractivity contribution in [1.29, 1.82) is 0 Å². The molecule has 90 valence electrons. The van der Waals surface area contributed by atoms with Crippen LogP contribution in [0.1, 0.15) is 20.8 Å². The first-order valence-electron chi connectivity index (χ1n) is 5.24. The summed E-state index contributed by atoms with van der Waals surface area (Å²) >= 11 is 0. The normalized spacial score (nSPS) is 44.4. The maximum atomic E-state index is 9.77. The first-order chi connectivity index (χ1) is 6.86. The fourth-order valence-electron chi connectivity index (χ4n) is 1.74. The van der Waals surface area contributed by atoms with Crippen molar-refractivity contribution in [3.05, 3.63) is 0 Å². The van der Waals surface area contributed by atoms with Gasteiger partial charge in [-0.3, -0.25) is 0 Å². The molecule has 4 N–H and O–H groups in total. The fraction of sp³-hybridized carbons (Fsp3) is 1.00. The number of aliphatic hydroxyl groups excluding tert-OH is 4. The Balaban J connectivity index is 2.74. The van der Waals surface area contributed by atoms with Gasteiger partial charge in [0.2, 0.25) is 0 Å². The lowest BCUT2D eigenvalue weighted by Gasteiger charge is -2.42. The molecule has 0 aromatic rings. The van der Waals surface area contributed by atoms with E-state index in [0.717, 1.165) is 0 Å². The average molecular weight is 220 g/mol. The lowest BCUT2D eigenvalue weighted by atomic mass is 9.89. The maximum absolute atomic E-state index is 9.77. The van der Waals surface area contributed by atoms with Crippen LogP contribution in [0.15, 0.2) is 0 Å². The molecule has 1 saturated heterocycles. The Morgan fingerprint density at radius 3 is 2.00 bits per heavy atom. The monoisotopic (exact) mass is 220 g/mol. The zero-order chi connectivity index (χ0) is 11.7. The molecule has 0 aromatic heterocycles. The molecule has 0 spiro atoms. The Bertz CT molecular complexity index is 208. The van der Waals surface area contributed by atoms with Crippen LogP contribution in [0.2, 0.25) is 0 Å². The first-order valence-corrected chi connectivity index (χ1v) is 5.24. The number of aliphatic hydroxyl groups is 4. The van der Waals surface area contributed by atoms with Crippen LogP contribution in [0.3, 0.4) is 0 Å². The van der Waals surface area contributed by atoms with Gasteiger partial charge in [0.25, 0.3) is 0 Å². The Morgan fingerprint density at radius 1 is 1.00 bits per heavy atom. The van der Waals surface area contributed by atoms with Crippen molar-refractivity contribution in [2.75, 3.05) is 0 Å². The van der Waals surface area contributed by atoms with Gasteiger partial charge in [0.05, 0.1) is 12.2 Å². The van der Waals surface area contributed by atoms with E-state index in [-0.39, 0.29) is 5.92 Å². The summed E-state index contributed by atoms with van der Waals surface area (Å²) in [5.41, 5.74) is 0. The second kappa shape index (κ2) is 4.76. The van der Waals surface area contributed by atoms with Gasteiger partial charge in [0.15, 0.2) is 0 Å². The molecule has 0 unspecified atom stereocenters. The Hall–Kier alpha value is -0.200. The van der Waals surface area contributed by atoms with Gasteiger partial charge >= 0.3 is 0 Å². The molecule has 5 nitrogen and oxygen atoms in total. The summed E-state index contributed by atoms with van der Waals surface area (Å²) in [6.07, 6.45) is -5.94. The zero-order valence-corrected chi connectivity index (χ0v) is 9.24. The van der Waals surface area contributed by atoms with Crippen molar-refractivity contribution in [2.24, 2.45) is 5.92 Å². The third-order valence-electron chi connectivity index (χ3n) is 2.91. The molecule has 0 radical (unpaired) electrons. The standard InChI is InChI=1S/C10H20O5/c1-4(2)6(11)10-9(14)8(13)7(12)5(3)15-10/h4-14H,1-3H3/t5-,6-,7+,8+,9-,10-/m0/s1. The van der Waals surface area contributed by atoms with E-state index in [9.17, 15) is 20.4 Å². The summed E-state index contributed by atoms with van der Waals surface area (Å²) in [5, 5.41) is 38.4. The summed E-state index contributed by atoms with van der Waals surface area (Å²) in [6, 6.07) is 0. The minimum atomic E-state index is -1.27. The fourth-order valence-corrected chi connectivity index (χ4v) is 1.74. The molecule has 5 heteroatoms. The van der Waals surface area contributed by atoms with E-state index in [0.29, 0.717) is 0 Å². The van der Waals surface area contributed by atoms with E-state index in [1.807, 2.05) is 0 Å². The van der Waals surface area contributed by atoms with Crippen molar-refractivity contribution < 1.29 is 25.2 Å². The second-order valence-corrected chi connectivity index (χ2v) is 4.51. The summed E-state index contributed by atoms with van der Waals surface area (Å²) in [7, 11) is 0. The molecular formula is C10H20O5. The highest BCUT2D eigenvalue weighted by Gasteiger charge is 2.45. The molecule has 1 rings (SSSR count). The highest BCUT2D eigenvalue weighted by Crippen LogP contribution is 2.25. The van der Waals surface area contributed by atoms with Gasteiger partial charge in [0, 0.05) is 0 Å². The predicted octanol–water partition coefficient (Wildman–Crippen LogP) is -1.13. The quantitative estimate of drug-likeness (QED) is 0.473. The molecule has 0 amide bonds. The van der Waals surface area contributed by atoms with Crippen LogP contribution < -0.4 is 0 Å². The number of hydrogen-bond acceptors (Lipinski definition) is 5. The highest BCUT2D eigenvalue weighted by atomic mass is 16.5. The molecule has 15 heavy (non-hydrogen) atoms. The highest BCUT2D eigenvalue weighted by molar-refractivity contribution is 4.94. The van der Waals surface area contributed by atoms with Crippen molar-refractivity contribution in [3.8, 4) is 0 Å². The van der Waals surface area contributed by atoms with E-state index < -0.39 is 36.6 Å². The van der Waals surface area contributed by atoms with Crippen molar-refractivity contribution >= 4 is 0 Å². The lowest BCUT2D eigenvalue weighted by Crippen LogP contribution is -2.60. The lowest BCUT2D eigenvalue weighted by molar-refractivity contribution is -0.242. The molecule has 1 aliphatic rings. The largest absolute Gasteiger partial charge is 0.390 e. The average Bonchev–Trinajstić information content (AvgIpc) is 2.19. The molecular weight excluding hydrogens is 200 g/mol. The van der Waals surface area contributed by atoms with Crippen LogP contribution in [0, 0.1) is 5.92 Å². The van der Waals surface area contributed by atoms with Gasteiger partial charge in [-0.2, -0.15) is 0 Å². The molecule has 0 saturated carbocycles. The molecule has 1 aliphatic heterocycles. The van der Waals surface area contributed by atoms with E-state index in [1.165, 1.54) is 0 Å². The summed E-state index contributed by atoms with van der Waals surface area (Å²) < 4.78 is 5.29. The van der Waals surface area contributed by atoms with Crippen molar-refractivity contribution in [2.45, 2.75) is 57.4 Å². The number of ether oxygens (including phenoxy) is 1.